The monoisotopic (exact) mass is 388 g/mol. The summed E-state index contributed by atoms with van der Waals surface area (Å²) in [7, 11) is 0. The summed E-state index contributed by atoms with van der Waals surface area (Å²) in [6.45, 7) is 6.37. The minimum atomic E-state index is -0.617. The van der Waals surface area contributed by atoms with Crippen molar-refractivity contribution in [3.8, 4) is 5.75 Å². The number of hydrogen-bond donors (Lipinski definition) is 2. The van der Waals surface area contributed by atoms with Crippen LogP contribution in [0.3, 0.4) is 0 Å². The Labute approximate surface area is 165 Å². The molecule has 2 rings (SSSR count). The highest BCUT2D eigenvalue weighted by Gasteiger charge is 2.24. The van der Waals surface area contributed by atoms with Crippen molar-refractivity contribution in [3.05, 3.63) is 64.7 Å². The van der Waals surface area contributed by atoms with Gasteiger partial charge in [0.05, 0.1) is 6.54 Å². The zero-order valence-electron chi connectivity index (χ0n) is 15.8. The Kier molecular flexibility index (Phi) is 7.67. The molecule has 1 atom stereocenters. The van der Waals surface area contributed by atoms with Crippen LogP contribution >= 0.6 is 11.6 Å². The molecule has 0 radical (unpaired) electrons. The quantitative estimate of drug-likeness (QED) is 0.679. The topological polar surface area (TPSA) is 67.4 Å². The molecule has 0 aromatic heterocycles. The van der Waals surface area contributed by atoms with Gasteiger partial charge in [-0.05, 0) is 49.2 Å². The van der Waals surface area contributed by atoms with Gasteiger partial charge in [-0.3, -0.25) is 9.59 Å². The third-order valence-electron chi connectivity index (χ3n) is 4.00. The van der Waals surface area contributed by atoms with Crippen LogP contribution < -0.4 is 15.4 Å². The molecule has 2 N–H and O–H groups in total. The van der Waals surface area contributed by atoms with Crippen molar-refractivity contribution in [1.29, 1.82) is 0 Å². The van der Waals surface area contributed by atoms with Crippen molar-refractivity contribution in [3.63, 3.8) is 0 Å². The van der Waals surface area contributed by atoms with Crippen molar-refractivity contribution >= 4 is 23.4 Å². The van der Waals surface area contributed by atoms with Crippen LogP contribution in [0.4, 0.5) is 0 Å². The van der Waals surface area contributed by atoms with Crippen molar-refractivity contribution in [2.24, 2.45) is 5.92 Å². The lowest BCUT2D eigenvalue weighted by molar-refractivity contribution is -0.124. The average molecular weight is 389 g/mol. The fraction of sp³-hybridized carbons (Fsp3) is 0.333. The van der Waals surface area contributed by atoms with E-state index in [1.54, 1.807) is 36.4 Å². The number of benzene rings is 2. The number of rotatable bonds is 8. The van der Waals surface area contributed by atoms with E-state index >= 15 is 0 Å². The van der Waals surface area contributed by atoms with Gasteiger partial charge in [0.25, 0.3) is 5.91 Å². The van der Waals surface area contributed by atoms with Crippen LogP contribution in [-0.2, 0) is 4.79 Å². The van der Waals surface area contributed by atoms with E-state index in [0.29, 0.717) is 29.5 Å². The summed E-state index contributed by atoms with van der Waals surface area (Å²) in [5, 5.41) is 6.27. The molecule has 2 aromatic rings. The fourth-order valence-electron chi connectivity index (χ4n) is 2.53. The third kappa shape index (κ3) is 6.61. The molecule has 0 aliphatic carbocycles. The molecule has 0 aliphatic rings. The van der Waals surface area contributed by atoms with E-state index in [-0.39, 0.29) is 17.7 Å². The first-order valence-corrected chi connectivity index (χ1v) is 9.28. The van der Waals surface area contributed by atoms with Crippen LogP contribution in [0.2, 0.25) is 5.02 Å². The average Bonchev–Trinajstić information content (AvgIpc) is 2.64. The SMILES string of the molecule is Cc1cccc(C(=O)NC(C(=O)NCCOc2ccc(Cl)cc2)C(C)C)c1. The maximum Gasteiger partial charge on any atom is 0.251 e. The Bertz CT molecular complexity index is 775. The lowest BCUT2D eigenvalue weighted by atomic mass is 10.0. The van der Waals surface area contributed by atoms with E-state index in [9.17, 15) is 9.59 Å². The predicted octanol–water partition coefficient (Wildman–Crippen LogP) is 3.60. The van der Waals surface area contributed by atoms with Gasteiger partial charge in [-0.15, -0.1) is 0 Å². The molecule has 0 heterocycles. The molecule has 1 unspecified atom stereocenters. The van der Waals surface area contributed by atoms with Gasteiger partial charge in [-0.25, -0.2) is 0 Å². The van der Waals surface area contributed by atoms with Crippen LogP contribution in [0.15, 0.2) is 48.5 Å². The second-order valence-electron chi connectivity index (χ2n) is 6.66. The van der Waals surface area contributed by atoms with Gasteiger partial charge < -0.3 is 15.4 Å². The highest BCUT2D eigenvalue weighted by molar-refractivity contribution is 6.30. The molecule has 0 saturated heterocycles. The summed E-state index contributed by atoms with van der Waals surface area (Å²) in [5.41, 5.74) is 1.53. The molecule has 0 aliphatic heterocycles. The fourth-order valence-corrected chi connectivity index (χ4v) is 2.66. The van der Waals surface area contributed by atoms with Crippen LogP contribution in [-0.4, -0.2) is 31.0 Å². The first kappa shape index (κ1) is 20.8. The van der Waals surface area contributed by atoms with Gasteiger partial charge in [0.1, 0.15) is 18.4 Å². The molecule has 0 saturated carbocycles. The summed E-state index contributed by atoms with van der Waals surface area (Å²) in [6, 6.07) is 13.7. The molecule has 2 aromatic carbocycles. The normalized spacial score (nSPS) is 11.7. The summed E-state index contributed by atoms with van der Waals surface area (Å²) in [5.74, 6) is 0.147. The van der Waals surface area contributed by atoms with Crippen LogP contribution in [0, 0.1) is 12.8 Å². The van der Waals surface area contributed by atoms with Gasteiger partial charge in [0.2, 0.25) is 5.91 Å². The number of nitrogens with one attached hydrogen (secondary N) is 2. The minimum absolute atomic E-state index is 0.0454. The molecule has 27 heavy (non-hydrogen) atoms. The maximum absolute atomic E-state index is 12.5. The van der Waals surface area contributed by atoms with Crippen molar-refractivity contribution in [2.75, 3.05) is 13.2 Å². The van der Waals surface area contributed by atoms with Crippen molar-refractivity contribution in [1.82, 2.24) is 10.6 Å². The Balaban J connectivity index is 1.85. The van der Waals surface area contributed by atoms with Gasteiger partial charge in [-0.1, -0.05) is 43.1 Å². The Morgan fingerprint density at radius 2 is 1.81 bits per heavy atom. The van der Waals surface area contributed by atoms with E-state index in [1.807, 2.05) is 32.9 Å². The predicted molar refractivity (Wildman–Crippen MR) is 107 cm³/mol. The number of carbonyl (C=O) groups is 2. The van der Waals surface area contributed by atoms with E-state index < -0.39 is 6.04 Å². The second kappa shape index (κ2) is 9.97. The van der Waals surface area contributed by atoms with Crippen LogP contribution in [0.5, 0.6) is 5.75 Å². The lowest BCUT2D eigenvalue weighted by Crippen LogP contribution is -2.50. The smallest absolute Gasteiger partial charge is 0.251 e. The summed E-state index contributed by atoms with van der Waals surface area (Å²) in [6.07, 6.45) is 0. The van der Waals surface area contributed by atoms with E-state index in [4.69, 9.17) is 16.3 Å². The number of carbonyl (C=O) groups excluding carboxylic acids is 2. The zero-order valence-corrected chi connectivity index (χ0v) is 16.5. The third-order valence-corrected chi connectivity index (χ3v) is 4.25. The summed E-state index contributed by atoms with van der Waals surface area (Å²) < 4.78 is 5.55. The standard InChI is InChI=1S/C21H25ClN2O3/c1-14(2)19(24-20(25)16-6-4-5-15(3)13-16)21(26)23-11-12-27-18-9-7-17(22)8-10-18/h4-10,13-14,19H,11-12H2,1-3H3,(H,23,26)(H,24,25). The molecule has 144 valence electrons. The van der Waals surface area contributed by atoms with Gasteiger partial charge in [0, 0.05) is 10.6 Å². The van der Waals surface area contributed by atoms with Crippen LogP contribution in [0.1, 0.15) is 29.8 Å². The Hall–Kier alpha value is -2.53. The molecule has 0 bridgehead atoms. The first-order chi connectivity index (χ1) is 12.9. The largest absolute Gasteiger partial charge is 0.492 e. The van der Waals surface area contributed by atoms with Crippen LogP contribution in [0.25, 0.3) is 0 Å². The minimum Gasteiger partial charge on any atom is -0.492 e. The number of aryl methyl sites for hydroxylation is 1. The number of halogens is 1. The van der Waals surface area contributed by atoms with E-state index in [1.165, 1.54) is 0 Å². The first-order valence-electron chi connectivity index (χ1n) is 8.90. The maximum atomic E-state index is 12.5. The highest BCUT2D eigenvalue weighted by atomic mass is 35.5. The molecule has 0 fully saturated rings. The van der Waals surface area contributed by atoms with E-state index in [0.717, 1.165) is 5.56 Å². The summed E-state index contributed by atoms with van der Waals surface area (Å²) in [4.78, 5) is 24.9. The Morgan fingerprint density at radius 3 is 2.44 bits per heavy atom. The number of ether oxygens (including phenoxy) is 1. The molecular formula is C21H25ClN2O3. The molecule has 5 nitrogen and oxygen atoms in total. The van der Waals surface area contributed by atoms with Crippen molar-refractivity contribution in [2.45, 2.75) is 26.8 Å². The van der Waals surface area contributed by atoms with Gasteiger partial charge in [0.15, 0.2) is 0 Å². The number of hydrogen-bond acceptors (Lipinski definition) is 3. The lowest BCUT2D eigenvalue weighted by Gasteiger charge is -2.22. The van der Waals surface area contributed by atoms with Gasteiger partial charge >= 0.3 is 0 Å². The molecule has 6 heteroatoms. The van der Waals surface area contributed by atoms with E-state index in [2.05, 4.69) is 10.6 Å². The Morgan fingerprint density at radius 1 is 1.11 bits per heavy atom. The highest BCUT2D eigenvalue weighted by Crippen LogP contribution is 2.15. The van der Waals surface area contributed by atoms with Crippen molar-refractivity contribution < 1.29 is 14.3 Å². The second-order valence-corrected chi connectivity index (χ2v) is 7.09. The molecule has 2 amide bonds. The van der Waals surface area contributed by atoms with Gasteiger partial charge in [-0.2, -0.15) is 0 Å². The molecular weight excluding hydrogens is 364 g/mol. The number of amides is 2. The zero-order chi connectivity index (χ0) is 19.8. The molecule has 0 spiro atoms. The summed E-state index contributed by atoms with van der Waals surface area (Å²) >= 11 is 5.83.